The summed E-state index contributed by atoms with van der Waals surface area (Å²) in [6, 6.07) is 5.53. The van der Waals surface area contributed by atoms with Crippen molar-refractivity contribution in [3.63, 3.8) is 0 Å². The number of alkyl halides is 3. The third-order valence-electron chi connectivity index (χ3n) is 11.7. The molecule has 434 valence electrons. The van der Waals surface area contributed by atoms with E-state index in [-0.39, 0.29) is 74.8 Å². The van der Waals surface area contributed by atoms with Gasteiger partial charge in [0.15, 0.2) is 5.96 Å². The van der Waals surface area contributed by atoms with Crippen molar-refractivity contribution in [1.29, 1.82) is 0 Å². The number of carboxylic acids is 1. The lowest BCUT2D eigenvalue weighted by atomic mass is 9.99. The zero-order valence-electron chi connectivity index (χ0n) is 43.0. The molecule has 2 saturated heterocycles. The first-order valence-corrected chi connectivity index (χ1v) is 27.0. The highest BCUT2D eigenvalue weighted by atomic mass is 33.1. The summed E-state index contributed by atoms with van der Waals surface area (Å²) in [6.45, 7) is 2.91. The van der Waals surface area contributed by atoms with Gasteiger partial charge < -0.3 is 75.3 Å². The normalized spacial score (nSPS) is 21.2. The summed E-state index contributed by atoms with van der Waals surface area (Å²) < 4.78 is 31.7. The maximum atomic E-state index is 14.5. The van der Waals surface area contributed by atoms with Crippen molar-refractivity contribution < 1.29 is 76.1 Å². The lowest BCUT2D eigenvalue weighted by Crippen LogP contribution is -2.61. The molecule has 4 rings (SSSR count). The van der Waals surface area contributed by atoms with Crippen molar-refractivity contribution >= 4 is 92.6 Å². The number of benzene rings is 2. The van der Waals surface area contributed by atoms with Gasteiger partial charge in [0.1, 0.15) is 48.0 Å². The first kappa shape index (κ1) is 65.5. The minimum Gasteiger partial charge on any atom is -0.508 e. The molecule has 26 nitrogen and oxygen atoms in total. The number of aromatic hydroxyl groups is 1. The number of nitrogens with zero attached hydrogens (tertiary/aromatic N) is 2. The molecule has 0 radical (unpaired) electrons. The van der Waals surface area contributed by atoms with Gasteiger partial charge in [0.25, 0.3) is 0 Å². The molecule has 2 aromatic carbocycles. The molecule has 0 saturated carbocycles. The SMILES string of the molecule is CC(C)[C@@H]1NC(=O)[C@H](Cc2ccccc2)NC(=O)[C@H](Cc2ccc(O)cc2)NC(=O)CCSSC[C@@H](C(=O)N2CCC[C@H]2C(=O)N[C@H](CCCN=C(N)N)C(=O)NCC(N)=O)NC(=O)[C@H](CC(N)=O)NC1=O.O=C(O)C(F)(F)F. The van der Waals surface area contributed by atoms with Crippen molar-refractivity contribution in [3.8, 4) is 5.75 Å². The van der Waals surface area contributed by atoms with Crippen molar-refractivity contribution in [3.05, 3.63) is 65.7 Å². The van der Waals surface area contributed by atoms with Gasteiger partial charge in [-0.25, -0.2) is 4.79 Å². The van der Waals surface area contributed by atoms with Crippen LogP contribution in [0.3, 0.4) is 0 Å². The summed E-state index contributed by atoms with van der Waals surface area (Å²) in [5.74, 6) is -11.5. The molecule has 2 aliphatic heterocycles. The second kappa shape index (κ2) is 32.2. The van der Waals surface area contributed by atoms with Crippen molar-refractivity contribution in [1.82, 2.24) is 42.1 Å². The van der Waals surface area contributed by atoms with E-state index in [0.29, 0.717) is 17.5 Å². The number of carboxylic acid groups (broad SMARTS) is 1. The van der Waals surface area contributed by atoms with Crippen LogP contribution < -0.4 is 60.2 Å². The van der Waals surface area contributed by atoms with E-state index in [1.54, 1.807) is 56.3 Å². The number of rotatable bonds is 17. The fourth-order valence-electron chi connectivity index (χ4n) is 7.73. The highest BCUT2D eigenvalue weighted by molar-refractivity contribution is 8.76. The molecular formula is C48H66F3N13O13S2. The second-order valence-electron chi connectivity index (χ2n) is 18.3. The molecule has 17 N–H and O–H groups in total. The van der Waals surface area contributed by atoms with E-state index < -0.39 is 132 Å². The topological polar surface area (TPSA) is 432 Å². The van der Waals surface area contributed by atoms with Crippen LogP contribution in [0.2, 0.25) is 0 Å². The molecule has 2 aromatic rings. The third kappa shape index (κ3) is 23.4. The molecule has 0 bridgehead atoms. The smallest absolute Gasteiger partial charge is 0.490 e. The molecule has 0 aliphatic carbocycles. The van der Waals surface area contributed by atoms with Gasteiger partial charge in [-0.3, -0.25) is 52.9 Å². The average molecular weight is 1150 g/mol. The van der Waals surface area contributed by atoms with Crippen LogP contribution in [-0.4, -0.2) is 166 Å². The van der Waals surface area contributed by atoms with Crippen LogP contribution in [0.25, 0.3) is 0 Å². The van der Waals surface area contributed by atoms with E-state index in [2.05, 4.69) is 42.2 Å². The third-order valence-corrected chi connectivity index (χ3v) is 14.1. The Morgan fingerprint density at radius 3 is 1.95 bits per heavy atom. The first-order valence-electron chi connectivity index (χ1n) is 24.5. The molecule has 2 aliphatic rings. The molecule has 0 spiro atoms. The van der Waals surface area contributed by atoms with Crippen LogP contribution in [0, 0.1) is 5.92 Å². The molecule has 7 atom stereocenters. The van der Waals surface area contributed by atoms with Crippen LogP contribution in [0.4, 0.5) is 13.2 Å². The highest BCUT2D eigenvalue weighted by Crippen LogP contribution is 2.26. The summed E-state index contributed by atoms with van der Waals surface area (Å²) in [4.78, 5) is 150. The molecule has 10 amide bonds. The number of phenolic OH excluding ortho intramolecular Hbond substituents is 1. The zero-order valence-corrected chi connectivity index (χ0v) is 44.7. The summed E-state index contributed by atoms with van der Waals surface area (Å²) >= 11 is 0. The standard InChI is InChI=1S/C46H65N13O11S2.C2HF3O2/c1-25(2)38-44(69)56-32(22-35(47)61)41(66)57-33(45(70)59-18-7-11-34(59)43(68)54-29(10-6-17-51-46(49)50)39(64)52-23-36(48)62)24-72-71-19-16-37(63)53-30(21-27-12-14-28(60)15-13-27)40(65)55-31(42(67)58-38)20-26-8-4-3-5-9-26;3-2(4,5)1(6)7/h3-5,8-9,12-15,25,29-34,38,60H,6-7,10-11,16-24H2,1-2H3,(H2,47,61)(H2,48,62)(H,52,64)(H,53,63)(H,54,68)(H,55,65)(H,56,69)(H,57,66)(H,58,67)(H4,49,50,51);(H,6,7)/t29-,30+,31+,32+,33+,34+,38+;/m1./s1. The van der Waals surface area contributed by atoms with E-state index in [9.17, 15) is 66.2 Å². The number of phenols is 1. The van der Waals surface area contributed by atoms with Gasteiger partial charge in [0, 0.05) is 43.9 Å². The molecule has 2 fully saturated rings. The van der Waals surface area contributed by atoms with E-state index in [0.717, 1.165) is 21.6 Å². The van der Waals surface area contributed by atoms with E-state index in [4.69, 9.17) is 32.8 Å². The van der Waals surface area contributed by atoms with Crippen LogP contribution in [0.5, 0.6) is 5.75 Å². The monoisotopic (exact) mass is 1150 g/mol. The Morgan fingerprint density at radius 2 is 1.37 bits per heavy atom. The molecule has 0 unspecified atom stereocenters. The van der Waals surface area contributed by atoms with Crippen LogP contribution in [0.1, 0.15) is 63.5 Å². The maximum Gasteiger partial charge on any atom is 0.490 e. The Kier molecular flexibility index (Phi) is 26.6. The van der Waals surface area contributed by atoms with Crippen molar-refractivity contribution in [2.24, 2.45) is 33.8 Å². The van der Waals surface area contributed by atoms with Crippen LogP contribution in [-0.2, 0) is 65.6 Å². The second-order valence-corrected chi connectivity index (χ2v) is 20.9. The zero-order chi connectivity index (χ0) is 59.0. The fraction of sp³-hybridized carbons (Fsp3) is 0.500. The van der Waals surface area contributed by atoms with Gasteiger partial charge in [-0.1, -0.05) is 77.9 Å². The largest absolute Gasteiger partial charge is 0.508 e. The molecule has 79 heavy (non-hydrogen) atoms. The minimum absolute atomic E-state index is 0.0150. The predicted octanol–water partition coefficient (Wildman–Crippen LogP) is -2.32. The number of hydrogen-bond donors (Lipinski definition) is 13. The van der Waals surface area contributed by atoms with Gasteiger partial charge in [0.05, 0.1) is 13.0 Å². The number of amides is 10. The van der Waals surface area contributed by atoms with Gasteiger partial charge in [-0.2, -0.15) is 13.2 Å². The fourth-order valence-corrected chi connectivity index (χ4v) is 9.88. The van der Waals surface area contributed by atoms with E-state index in [1.807, 2.05) is 0 Å². The number of likely N-dealkylation sites (tertiary alicyclic amines) is 1. The lowest BCUT2D eigenvalue weighted by Gasteiger charge is -2.31. The Labute approximate surface area is 459 Å². The summed E-state index contributed by atoms with van der Waals surface area (Å²) in [7, 11) is 2.26. The molecule has 31 heteroatoms. The number of carbonyl (C=O) groups is 11. The number of primary amides is 2. The summed E-state index contributed by atoms with van der Waals surface area (Å²) in [5.41, 5.74) is 22.8. The first-order chi connectivity index (χ1) is 37.2. The predicted molar refractivity (Wildman–Crippen MR) is 282 cm³/mol. The number of hydrogen-bond acceptors (Lipinski definition) is 15. The van der Waals surface area contributed by atoms with Gasteiger partial charge in [-0.15, -0.1) is 0 Å². The van der Waals surface area contributed by atoms with Gasteiger partial charge in [0.2, 0.25) is 59.1 Å². The van der Waals surface area contributed by atoms with Crippen molar-refractivity contribution in [2.75, 3.05) is 31.1 Å². The van der Waals surface area contributed by atoms with E-state index in [1.165, 1.54) is 17.0 Å². The summed E-state index contributed by atoms with van der Waals surface area (Å²) in [6.07, 6.45) is -5.19. The van der Waals surface area contributed by atoms with E-state index >= 15 is 0 Å². The maximum absolute atomic E-state index is 14.5. The summed E-state index contributed by atoms with van der Waals surface area (Å²) in [5, 5.41) is 35.4. The number of aliphatic imine (C=N–C) groups is 1. The molecular weight excluding hydrogens is 1090 g/mol. The highest BCUT2D eigenvalue weighted by Gasteiger charge is 2.41. The number of halogens is 3. The minimum atomic E-state index is -5.08. The number of aliphatic carboxylic acids is 1. The Hall–Kier alpha value is -7.83. The number of carbonyl (C=O) groups excluding carboxylic acids is 10. The van der Waals surface area contributed by atoms with Gasteiger partial charge >= 0.3 is 12.1 Å². The van der Waals surface area contributed by atoms with Gasteiger partial charge in [-0.05, 0) is 54.9 Å². The van der Waals surface area contributed by atoms with Crippen molar-refractivity contribution in [2.45, 2.75) is 114 Å². The molecule has 2 heterocycles. The number of nitrogens with one attached hydrogen (secondary N) is 7. The number of nitrogens with two attached hydrogens (primary N) is 4. The Balaban J connectivity index is 0.00000219. The van der Waals surface area contributed by atoms with Crippen LogP contribution >= 0.6 is 21.6 Å². The number of guanidine groups is 1. The Morgan fingerprint density at radius 1 is 0.785 bits per heavy atom. The lowest BCUT2D eigenvalue weighted by molar-refractivity contribution is -0.192. The van der Waals surface area contributed by atoms with Crippen LogP contribution in [0.15, 0.2) is 59.6 Å². The quantitative estimate of drug-likeness (QED) is 0.0342. The molecule has 0 aromatic heterocycles. The Bertz CT molecular complexity index is 2510. The average Bonchev–Trinajstić information content (AvgIpc) is 3.88.